The van der Waals surface area contributed by atoms with E-state index in [1.54, 1.807) is 12.1 Å². The number of ether oxygens (including phenoxy) is 1. The first kappa shape index (κ1) is 21.3. The van der Waals surface area contributed by atoms with Gasteiger partial charge >= 0.3 is 0 Å². The highest BCUT2D eigenvalue weighted by Gasteiger charge is 2.17. The SMILES string of the molecule is COc1ccc(S(=O)(=O)NCCC(=O)Nc2nnc(CC(C)(C)C)s2)cc1. The van der Waals surface area contributed by atoms with Crippen LogP contribution in [0.2, 0.25) is 0 Å². The third-order valence-electron chi connectivity index (χ3n) is 3.41. The van der Waals surface area contributed by atoms with Crippen LogP contribution in [0.25, 0.3) is 0 Å². The minimum Gasteiger partial charge on any atom is -0.497 e. The Morgan fingerprint density at radius 2 is 1.85 bits per heavy atom. The van der Waals surface area contributed by atoms with E-state index in [0.29, 0.717) is 10.9 Å². The van der Waals surface area contributed by atoms with Gasteiger partial charge in [-0.2, -0.15) is 0 Å². The molecule has 0 spiro atoms. The Balaban J connectivity index is 1.83. The second-order valence-electron chi connectivity index (χ2n) is 7.11. The van der Waals surface area contributed by atoms with E-state index in [0.717, 1.165) is 11.4 Å². The molecule has 0 aliphatic carbocycles. The van der Waals surface area contributed by atoms with Crippen LogP contribution in [-0.2, 0) is 21.2 Å². The zero-order valence-corrected chi connectivity index (χ0v) is 17.4. The van der Waals surface area contributed by atoms with E-state index in [1.807, 2.05) is 0 Å². The maximum atomic E-state index is 12.2. The first-order valence-electron chi connectivity index (χ1n) is 8.35. The number of methoxy groups -OCH3 is 1. The Hall–Kier alpha value is -2.04. The number of amides is 1. The number of hydrogen-bond acceptors (Lipinski definition) is 7. The fourth-order valence-electron chi connectivity index (χ4n) is 2.15. The van der Waals surface area contributed by atoms with Crippen LogP contribution in [0.15, 0.2) is 29.2 Å². The van der Waals surface area contributed by atoms with Gasteiger partial charge in [0.15, 0.2) is 0 Å². The van der Waals surface area contributed by atoms with Gasteiger partial charge in [0.2, 0.25) is 21.1 Å². The fraction of sp³-hybridized carbons (Fsp3) is 0.471. The van der Waals surface area contributed by atoms with Crippen molar-refractivity contribution in [1.29, 1.82) is 0 Å². The zero-order chi connectivity index (χ0) is 20.1. The second kappa shape index (κ2) is 8.77. The summed E-state index contributed by atoms with van der Waals surface area (Å²) in [7, 11) is -2.18. The number of sulfonamides is 1. The quantitative estimate of drug-likeness (QED) is 0.689. The molecule has 2 aromatic rings. The summed E-state index contributed by atoms with van der Waals surface area (Å²) in [5.41, 5.74) is 0.0839. The standard InChI is InChI=1S/C17H24N4O4S2/c1-17(2,3)11-15-20-21-16(26-15)19-14(22)9-10-18-27(23,24)13-7-5-12(25-4)6-8-13/h5-8,18H,9-11H2,1-4H3,(H,19,21,22). The van der Waals surface area contributed by atoms with Gasteiger partial charge in [-0.15, -0.1) is 10.2 Å². The zero-order valence-electron chi connectivity index (χ0n) is 15.8. The Morgan fingerprint density at radius 3 is 2.44 bits per heavy atom. The van der Waals surface area contributed by atoms with Gasteiger partial charge in [0.25, 0.3) is 0 Å². The normalized spacial score (nSPS) is 12.0. The van der Waals surface area contributed by atoms with Crippen LogP contribution in [-0.4, -0.2) is 38.2 Å². The monoisotopic (exact) mass is 412 g/mol. The molecule has 0 aliphatic rings. The Bertz CT molecular complexity index is 871. The predicted octanol–water partition coefficient (Wildman–Crippen LogP) is 2.44. The van der Waals surface area contributed by atoms with Crippen molar-refractivity contribution in [3.8, 4) is 5.75 Å². The van der Waals surface area contributed by atoms with Crippen LogP contribution in [0.5, 0.6) is 5.75 Å². The van der Waals surface area contributed by atoms with Gasteiger partial charge in [-0.1, -0.05) is 32.1 Å². The number of rotatable bonds is 8. The molecule has 27 heavy (non-hydrogen) atoms. The van der Waals surface area contributed by atoms with Crippen LogP contribution >= 0.6 is 11.3 Å². The highest BCUT2D eigenvalue weighted by atomic mass is 32.2. The van der Waals surface area contributed by atoms with Gasteiger partial charge in [0.05, 0.1) is 12.0 Å². The molecular weight excluding hydrogens is 388 g/mol. The van der Waals surface area contributed by atoms with E-state index >= 15 is 0 Å². The minimum atomic E-state index is -3.68. The molecule has 0 bridgehead atoms. The lowest BCUT2D eigenvalue weighted by atomic mass is 9.93. The average Bonchev–Trinajstić information content (AvgIpc) is 2.99. The summed E-state index contributed by atoms with van der Waals surface area (Å²) >= 11 is 1.32. The summed E-state index contributed by atoms with van der Waals surface area (Å²) in [4.78, 5) is 12.1. The van der Waals surface area contributed by atoms with E-state index in [-0.39, 0.29) is 29.2 Å². The number of benzene rings is 1. The van der Waals surface area contributed by atoms with Crippen LogP contribution in [0, 0.1) is 5.41 Å². The second-order valence-corrected chi connectivity index (χ2v) is 9.94. The number of carbonyl (C=O) groups is 1. The van der Waals surface area contributed by atoms with Crippen molar-refractivity contribution < 1.29 is 17.9 Å². The van der Waals surface area contributed by atoms with Crippen molar-refractivity contribution in [3.63, 3.8) is 0 Å². The minimum absolute atomic E-state index is 0.0103. The van der Waals surface area contributed by atoms with Gasteiger partial charge in [-0.05, 0) is 29.7 Å². The number of aromatic nitrogens is 2. The first-order valence-corrected chi connectivity index (χ1v) is 10.6. The molecule has 0 fully saturated rings. The summed E-state index contributed by atoms with van der Waals surface area (Å²) in [5, 5.41) is 11.9. The predicted molar refractivity (Wildman–Crippen MR) is 104 cm³/mol. The van der Waals surface area contributed by atoms with Gasteiger partial charge in [0.1, 0.15) is 10.8 Å². The van der Waals surface area contributed by atoms with Crippen LogP contribution < -0.4 is 14.8 Å². The third-order valence-corrected chi connectivity index (χ3v) is 5.72. The van der Waals surface area contributed by atoms with Crippen molar-refractivity contribution in [2.75, 3.05) is 19.0 Å². The van der Waals surface area contributed by atoms with Crippen molar-refractivity contribution >= 4 is 32.4 Å². The highest BCUT2D eigenvalue weighted by Crippen LogP contribution is 2.24. The fourth-order valence-corrected chi connectivity index (χ4v) is 4.24. The first-order chi connectivity index (χ1) is 12.6. The van der Waals surface area contributed by atoms with Gasteiger partial charge in [0, 0.05) is 19.4 Å². The van der Waals surface area contributed by atoms with E-state index in [1.165, 1.54) is 30.6 Å². The molecule has 0 radical (unpaired) electrons. The van der Waals surface area contributed by atoms with Crippen molar-refractivity contribution in [1.82, 2.24) is 14.9 Å². The van der Waals surface area contributed by atoms with Gasteiger partial charge in [-0.25, -0.2) is 13.1 Å². The molecule has 1 aromatic carbocycles. The number of hydrogen-bond donors (Lipinski definition) is 2. The molecule has 8 nitrogen and oxygen atoms in total. The molecular formula is C17H24N4O4S2. The summed E-state index contributed by atoms with van der Waals surface area (Å²) in [5.74, 6) is 0.238. The molecule has 1 aromatic heterocycles. The lowest BCUT2D eigenvalue weighted by molar-refractivity contribution is -0.116. The molecule has 0 saturated carbocycles. The number of anilines is 1. The largest absolute Gasteiger partial charge is 0.497 e. The van der Waals surface area contributed by atoms with E-state index in [2.05, 4.69) is 41.0 Å². The van der Waals surface area contributed by atoms with Crippen LogP contribution in [0.3, 0.4) is 0 Å². The summed E-state index contributed by atoms with van der Waals surface area (Å²) in [6.45, 7) is 6.28. The molecule has 10 heteroatoms. The van der Waals surface area contributed by atoms with Crippen LogP contribution in [0.1, 0.15) is 32.2 Å². The average molecular weight is 413 g/mol. The molecule has 2 rings (SSSR count). The van der Waals surface area contributed by atoms with Gasteiger partial charge in [-0.3, -0.25) is 4.79 Å². The van der Waals surface area contributed by atoms with E-state index < -0.39 is 10.0 Å². The Morgan fingerprint density at radius 1 is 1.19 bits per heavy atom. The van der Waals surface area contributed by atoms with Crippen LogP contribution in [0.4, 0.5) is 5.13 Å². The molecule has 0 atom stereocenters. The Labute approximate surface area is 163 Å². The van der Waals surface area contributed by atoms with Crippen molar-refractivity contribution in [2.45, 2.75) is 38.5 Å². The Kier molecular flexibility index (Phi) is 6.90. The summed E-state index contributed by atoms with van der Waals surface area (Å²) in [6, 6.07) is 6.01. The summed E-state index contributed by atoms with van der Waals surface area (Å²) in [6.07, 6.45) is 0.756. The van der Waals surface area contributed by atoms with E-state index in [9.17, 15) is 13.2 Å². The maximum absolute atomic E-state index is 12.2. The molecule has 1 heterocycles. The lowest BCUT2D eigenvalue weighted by Crippen LogP contribution is -2.27. The van der Waals surface area contributed by atoms with Crippen molar-refractivity contribution in [2.24, 2.45) is 5.41 Å². The molecule has 0 unspecified atom stereocenters. The molecule has 2 N–H and O–H groups in total. The molecule has 0 saturated heterocycles. The third kappa shape index (κ3) is 6.89. The van der Waals surface area contributed by atoms with Gasteiger partial charge < -0.3 is 10.1 Å². The molecule has 148 valence electrons. The van der Waals surface area contributed by atoms with Crippen molar-refractivity contribution in [3.05, 3.63) is 29.3 Å². The highest BCUT2D eigenvalue weighted by molar-refractivity contribution is 7.89. The number of carbonyl (C=O) groups excluding carboxylic acids is 1. The lowest BCUT2D eigenvalue weighted by Gasteiger charge is -2.14. The van der Waals surface area contributed by atoms with E-state index in [4.69, 9.17) is 4.74 Å². The molecule has 1 amide bonds. The topological polar surface area (TPSA) is 110 Å². The maximum Gasteiger partial charge on any atom is 0.240 e. The summed E-state index contributed by atoms with van der Waals surface area (Å²) < 4.78 is 31.8. The molecule has 0 aliphatic heterocycles. The smallest absolute Gasteiger partial charge is 0.240 e. The number of nitrogens with one attached hydrogen (secondary N) is 2. The number of nitrogens with zero attached hydrogens (tertiary/aromatic N) is 2.